The molecule has 0 atom stereocenters. The van der Waals surface area contributed by atoms with Crippen LogP contribution >= 0.6 is 22.6 Å². The highest BCUT2D eigenvalue weighted by atomic mass is 127. The molecule has 3 aromatic rings. The van der Waals surface area contributed by atoms with Crippen molar-refractivity contribution in [1.29, 1.82) is 0 Å². The van der Waals surface area contributed by atoms with Gasteiger partial charge in [-0.15, -0.1) is 0 Å². The van der Waals surface area contributed by atoms with Crippen LogP contribution in [-0.4, -0.2) is 29.6 Å². The summed E-state index contributed by atoms with van der Waals surface area (Å²) in [7, 11) is 0. The zero-order chi connectivity index (χ0) is 19.2. The van der Waals surface area contributed by atoms with Crippen molar-refractivity contribution in [2.24, 2.45) is 5.10 Å². The number of carbonyl (C=O) groups is 2. The van der Waals surface area contributed by atoms with Crippen molar-refractivity contribution in [3.63, 3.8) is 0 Å². The van der Waals surface area contributed by atoms with E-state index in [9.17, 15) is 14.4 Å². The van der Waals surface area contributed by atoms with Crippen LogP contribution in [0.1, 0.15) is 15.9 Å². The summed E-state index contributed by atoms with van der Waals surface area (Å²) in [6.45, 7) is -0.227. The first-order valence-corrected chi connectivity index (χ1v) is 9.09. The molecule has 1 heterocycles. The SMILES string of the molecule is O=C(CNC(=O)c1ccccc1I)NN=Cc1cc2ccccc2[nH]c1=O. The first-order valence-electron chi connectivity index (χ1n) is 8.01. The number of benzene rings is 2. The fourth-order valence-corrected chi connectivity index (χ4v) is 3.01. The number of halogens is 1. The first kappa shape index (κ1) is 18.8. The van der Waals surface area contributed by atoms with Crippen molar-refractivity contribution in [3.05, 3.63) is 79.6 Å². The number of rotatable bonds is 5. The molecule has 0 spiro atoms. The zero-order valence-electron chi connectivity index (χ0n) is 14.0. The smallest absolute Gasteiger partial charge is 0.259 e. The molecule has 0 bridgehead atoms. The summed E-state index contributed by atoms with van der Waals surface area (Å²) in [5.41, 5.74) is 3.52. The molecular weight excluding hydrogens is 459 g/mol. The maximum Gasteiger partial charge on any atom is 0.259 e. The summed E-state index contributed by atoms with van der Waals surface area (Å²) in [5.74, 6) is -0.840. The number of nitrogens with zero attached hydrogens (tertiary/aromatic N) is 1. The summed E-state index contributed by atoms with van der Waals surface area (Å²) in [6.07, 6.45) is 1.27. The lowest BCUT2D eigenvalue weighted by molar-refractivity contribution is -0.120. The van der Waals surface area contributed by atoms with Gasteiger partial charge >= 0.3 is 0 Å². The minimum absolute atomic E-state index is 0.227. The lowest BCUT2D eigenvalue weighted by Crippen LogP contribution is -2.35. The van der Waals surface area contributed by atoms with E-state index in [1.54, 1.807) is 30.3 Å². The normalized spacial score (nSPS) is 10.9. The van der Waals surface area contributed by atoms with Crippen LogP contribution in [0, 0.1) is 3.57 Å². The van der Waals surface area contributed by atoms with E-state index >= 15 is 0 Å². The lowest BCUT2D eigenvalue weighted by atomic mass is 10.2. The number of hydrazone groups is 1. The van der Waals surface area contributed by atoms with Crippen LogP contribution in [0.2, 0.25) is 0 Å². The van der Waals surface area contributed by atoms with Gasteiger partial charge in [0.05, 0.1) is 23.9 Å². The number of amides is 2. The van der Waals surface area contributed by atoms with Crippen molar-refractivity contribution in [3.8, 4) is 0 Å². The lowest BCUT2D eigenvalue weighted by Gasteiger charge is -2.05. The van der Waals surface area contributed by atoms with Crippen LogP contribution in [-0.2, 0) is 4.79 Å². The molecule has 0 radical (unpaired) electrons. The quantitative estimate of drug-likeness (QED) is 0.300. The van der Waals surface area contributed by atoms with Crippen LogP contribution in [0.3, 0.4) is 0 Å². The van der Waals surface area contributed by atoms with E-state index in [-0.39, 0.29) is 18.0 Å². The molecule has 0 aliphatic heterocycles. The average molecular weight is 474 g/mol. The second-order valence-electron chi connectivity index (χ2n) is 5.60. The summed E-state index contributed by atoms with van der Waals surface area (Å²) in [4.78, 5) is 38.6. The Labute approximate surface area is 168 Å². The third-order valence-corrected chi connectivity index (χ3v) is 4.64. The maximum atomic E-state index is 12.1. The van der Waals surface area contributed by atoms with Crippen molar-refractivity contribution >= 4 is 51.5 Å². The van der Waals surface area contributed by atoms with Gasteiger partial charge in [-0.2, -0.15) is 5.10 Å². The van der Waals surface area contributed by atoms with Crippen molar-refractivity contribution in [2.45, 2.75) is 0 Å². The number of H-pyrrole nitrogens is 1. The summed E-state index contributed by atoms with van der Waals surface area (Å²) in [5, 5.41) is 7.16. The minimum atomic E-state index is -0.497. The predicted octanol–water partition coefficient (Wildman–Crippen LogP) is 2.01. The average Bonchev–Trinajstić information content (AvgIpc) is 2.67. The Balaban J connectivity index is 1.58. The van der Waals surface area contributed by atoms with E-state index in [0.717, 1.165) is 14.5 Å². The molecule has 0 aliphatic rings. The van der Waals surface area contributed by atoms with Crippen LogP contribution in [0.4, 0.5) is 0 Å². The van der Waals surface area contributed by atoms with Crippen LogP contribution in [0.15, 0.2) is 64.5 Å². The van der Waals surface area contributed by atoms with E-state index < -0.39 is 5.91 Å². The highest BCUT2D eigenvalue weighted by Crippen LogP contribution is 2.11. The number of nitrogens with one attached hydrogen (secondary N) is 3. The van der Waals surface area contributed by atoms with Gasteiger partial charge in [0.25, 0.3) is 17.4 Å². The number of para-hydroxylation sites is 1. The van der Waals surface area contributed by atoms with Crippen LogP contribution in [0.25, 0.3) is 10.9 Å². The van der Waals surface area contributed by atoms with E-state index in [1.807, 2.05) is 24.3 Å². The maximum absolute atomic E-state index is 12.1. The van der Waals surface area contributed by atoms with E-state index in [4.69, 9.17) is 0 Å². The number of pyridine rings is 1. The summed E-state index contributed by atoms with van der Waals surface area (Å²) < 4.78 is 0.793. The number of hydrogen-bond acceptors (Lipinski definition) is 4. The molecule has 136 valence electrons. The van der Waals surface area contributed by atoms with E-state index in [1.165, 1.54) is 6.21 Å². The Kier molecular flexibility index (Phi) is 5.97. The van der Waals surface area contributed by atoms with Gasteiger partial charge in [0.1, 0.15) is 0 Å². The summed E-state index contributed by atoms with van der Waals surface area (Å²) >= 11 is 2.05. The van der Waals surface area contributed by atoms with Crippen molar-refractivity contribution in [2.75, 3.05) is 6.54 Å². The fraction of sp³-hybridized carbons (Fsp3) is 0.0526. The van der Waals surface area contributed by atoms with E-state index in [0.29, 0.717) is 11.1 Å². The number of aromatic amines is 1. The number of aromatic nitrogens is 1. The Hall–Kier alpha value is -3.01. The molecule has 2 amide bonds. The Morgan fingerprint density at radius 2 is 1.85 bits per heavy atom. The largest absolute Gasteiger partial charge is 0.343 e. The van der Waals surface area contributed by atoms with E-state index in [2.05, 4.69) is 43.4 Å². The van der Waals surface area contributed by atoms with Gasteiger partial charge in [-0.3, -0.25) is 14.4 Å². The van der Waals surface area contributed by atoms with Crippen molar-refractivity contribution < 1.29 is 9.59 Å². The molecule has 0 saturated heterocycles. The van der Waals surface area contributed by atoms with Gasteiger partial charge in [0.2, 0.25) is 0 Å². The predicted molar refractivity (Wildman–Crippen MR) is 112 cm³/mol. The number of fused-ring (bicyclic) bond motifs is 1. The highest BCUT2D eigenvalue weighted by Gasteiger charge is 2.10. The monoisotopic (exact) mass is 474 g/mol. The molecule has 8 heteroatoms. The second kappa shape index (κ2) is 8.58. The molecule has 27 heavy (non-hydrogen) atoms. The van der Waals surface area contributed by atoms with Crippen LogP contribution < -0.4 is 16.3 Å². The van der Waals surface area contributed by atoms with Crippen molar-refractivity contribution in [1.82, 2.24) is 15.7 Å². The van der Waals surface area contributed by atoms with Crippen LogP contribution in [0.5, 0.6) is 0 Å². The molecule has 0 fully saturated rings. The molecule has 0 aliphatic carbocycles. The minimum Gasteiger partial charge on any atom is -0.343 e. The molecule has 0 saturated carbocycles. The third kappa shape index (κ3) is 4.79. The van der Waals surface area contributed by atoms with Gasteiger partial charge in [0.15, 0.2) is 0 Å². The van der Waals surface area contributed by atoms with Gasteiger partial charge in [0, 0.05) is 9.09 Å². The first-order chi connectivity index (χ1) is 13.0. The molecule has 3 N–H and O–H groups in total. The zero-order valence-corrected chi connectivity index (χ0v) is 16.2. The molecule has 0 unspecified atom stereocenters. The van der Waals surface area contributed by atoms with Gasteiger partial charge in [-0.05, 0) is 52.2 Å². The standard InChI is InChI=1S/C19H15IN4O3/c20-15-7-3-2-6-14(15)19(27)21-11-17(25)24-22-10-13-9-12-5-1-4-8-16(12)23-18(13)26/h1-10H,11H2,(H,21,27)(H,23,26)(H,24,25). The Morgan fingerprint density at radius 3 is 2.67 bits per heavy atom. The molecule has 3 rings (SSSR count). The Morgan fingerprint density at radius 1 is 1.11 bits per heavy atom. The number of carbonyl (C=O) groups excluding carboxylic acids is 2. The van der Waals surface area contributed by atoms with Gasteiger partial charge < -0.3 is 10.3 Å². The molecule has 1 aromatic heterocycles. The third-order valence-electron chi connectivity index (χ3n) is 3.70. The molecule has 7 nitrogen and oxygen atoms in total. The topological polar surface area (TPSA) is 103 Å². The second-order valence-corrected chi connectivity index (χ2v) is 6.76. The Bertz CT molecular complexity index is 1090. The van der Waals surface area contributed by atoms with Gasteiger partial charge in [-0.1, -0.05) is 30.3 Å². The molecule has 2 aromatic carbocycles. The fourth-order valence-electron chi connectivity index (χ4n) is 2.37. The highest BCUT2D eigenvalue weighted by molar-refractivity contribution is 14.1. The number of hydrogen-bond donors (Lipinski definition) is 3. The van der Waals surface area contributed by atoms with Gasteiger partial charge in [-0.25, -0.2) is 5.43 Å². The summed E-state index contributed by atoms with van der Waals surface area (Å²) in [6, 6.07) is 16.1. The molecular formula is C19H15IN4O3.